The molecule has 0 saturated carbocycles. The zero-order valence-corrected chi connectivity index (χ0v) is 16.0. The molecule has 6 nitrogen and oxygen atoms in total. The molecule has 0 amide bonds. The Morgan fingerprint density at radius 3 is 2.72 bits per heavy atom. The molecular weight excluding hydrogens is 404 g/mol. The smallest absolute Gasteiger partial charge is 0.210 e. The van der Waals surface area contributed by atoms with Crippen LogP contribution in [0.4, 0.5) is 0 Å². The second-order valence-electron chi connectivity index (χ2n) is 5.16. The second kappa shape index (κ2) is 8.26. The number of ether oxygens (including phenoxy) is 2. The van der Waals surface area contributed by atoms with Crippen LogP contribution >= 0.6 is 27.7 Å². The van der Waals surface area contributed by atoms with E-state index in [1.54, 1.807) is 13.2 Å². The van der Waals surface area contributed by atoms with Crippen molar-refractivity contribution in [1.82, 2.24) is 14.9 Å². The maximum Gasteiger partial charge on any atom is 0.210 e. The molecule has 2 N–H and O–H groups in total. The number of nitrogen functional groups attached to an aromatic ring is 1. The number of benzene rings is 2. The quantitative estimate of drug-likeness (QED) is 0.464. The van der Waals surface area contributed by atoms with Crippen molar-refractivity contribution in [2.45, 2.75) is 17.5 Å². The molecule has 0 aliphatic heterocycles. The average molecular weight is 421 g/mol. The lowest BCUT2D eigenvalue weighted by molar-refractivity contribution is 0.289. The molecule has 0 aliphatic carbocycles. The lowest BCUT2D eigenvalue weighted by Crippen LogP contribution is -2.15. The SMILES string of the molecule is COc1cccc(OCc2nnc(SCc3cccc(Br)c3)n2N)c1. The molecule has 3 aromatic rings. The minimum atomic E-state index is 0.230. The summed E-state index contributed by atoms with van der Waals surface area (Å²) in [6.07, 6.45) is 0. The standard InChI is InChI=1S/C17H17BrN4O2S/c1-23-14-6-3-7-15(9-14)24-10-16-20-21-17(22(16)19)25-11-12-4-2-5-13(18)8-12/h2-9H,10-11,19H2,1H3. The van der Waals surface area contributed by atoms with Crippen LogP contribution in [0.15, 0.2) is 58.2 Å². The van der Waals surface area contributed by atoms with Crippen LogP contribution in [0.3, 0.4) is 0 Å². The van der Waals surface area contributed by atoms with Crippen LogP contribution < -0.4 is 15.3 Å². The van der Waals surface area contributed by atoms with E-state index in [-0.39, 0.29) is 6.61 Å². The van der Waals surface area contributed by atoms with Crippen molar-refractivity contribution in [2.75, 3.05) is 13.0 Å². The highest BCUT2D eigenvalue weighted by Gasteiger charge is 2.11. The van der Waals surface area contributed by atoms with Crippen LogP contribution in [-0.2, 0) is 12.4 Å². The van der Waals surface area contributed by atoms with Gasteiger partial charge in [-0.25, -0.2) is 4.68 Å². The largest absolute Gasteiger partial charge is 0.497 e. The Morgan fingerprint density at radius 2 is 1.92 bits per heavy atom. The number of hydrogen-bond donors (Lipinski definition) is 1. The Labute approximate surface area is 158 Å². The molecule has 3 rings (SSSR count). The minimum Gasteiger partial charge on any atom is -0.497 e. The van der Waals surface area contributed by atoms with E-state index >= 15 is 0 Å². The maximum atomic E-state index is 6.07. The van der Waals surface area contributed by atoms with Crippen LogP contribution in [0, 0.1) is 0 Å². The number of thioether (sulfide) groups is 1. The van der Waals surface area contributed by atoms with E-state index in [9.17, 15) is 0 Å². The third-order valence-electron chi connectivity index (χ3n) is 3.40. The Bertz CT molecular complexity index is 856. The van der Waals surface area contributed by atoms with Crippen LogP contribution in [0.1, 0.15) is 11.4 Å². The number of methoxy groups -OCH3 is 1. The molecular formula is C17H17BrN4O2S. The highest BCUT2D eigenvalue weighted by molar-refractivity contribution is 9.10. The van der Waals surface area contributed by atoms with Crippen molar-refractivity contribution < 1.29 is 9.47 Å². The number of rotatable bonds is 7. The first-order valence-electron chi connectivity index (χ1n) is 7.49. The first kappa shape index (κ1) is 17.6. The van der Waals surface area contributed by atoms with Crippen molar-refractivity contribution in [3.63, 3.8) is 0 Å². The van der Waals surface area contributed by atoms with Crippen LogP contribution in [0.25, 0.3) is 0 Å². The molecule has 1 heterocycles. The molecule has 0 radical (unpaired) electrons. The fourth-order valence-corrected chi connectivity index (χ4v) is 3.38. The molecule has 0 saturated heterocycles. The Hall–Kier alpha value is -2.19. The van der Waals surface area contributed by atoms with Crippen molar-refractivity contribution in [2.24, 2.45) is 0 Å². The predicted molar refractivity (Wildman–Crippen MR) is 101 cm³/mol. The Morgan fingerprint density at radius 1 is 1.12 bits per heavy atom. The molecule has 25 heavy (non-hydrogen) atoms. The summed E-state index contributed by atoms with van der Waals surface area (Å²) >= 11 is 4.99. The fraction of sp³-hybridized carbons (Fsp3) is 0.176. The van der Waals surface area contributed by atoms with Gasteiger partial charge in [-0.05, 0) is 29.8 Å². The summed E-state index contributed by atoms with van der Waals surface area (Å²) in [5.41, 5.74) is 1.18. The van der Waals surface area contributed by atoms with Gasteiger partial charge in [0.25, 0.3) is 0 Å². The number of nitrogens with two attached hydrogens (primary N) is 1. The van der Waals surface area contributed by atoms with Gasteiger partial charge in [-0.1, -0.05) is 45.9 Å². The summed E-state index contributed by atoms with van der Waals surface area (Å²) in [6, 6.07) is 15.5. The summed E-state index contributed by atoms with van der Waals surface area (Å²) in [5.74, 6) is 8.80. The van der Waals surface area contributed by atoms with E-state index in [1.165, 1.54) is 22.0 Å². The third kappa shape index (κ3) is 4.67. The summed E-state index contributed by atoms with van der Waals surface area (Å²) in [6.45, 7) is 0.230. The molecule has 0 bridgehead atoms. The van der Waals surface area contributed by atoms with Gasteiger partial charge in [0.2, 0.25) is 5.16 Å². The first-order valence-corrected chi connectivity index (χ1v) is 9.27. The molecule has 130 valence electrons. The number of halogens is 1. The van der Waals surface area contributed by atoms with E-state index in [0.717, 1.165) is 16.0 Å². The van der Waals surface area contributed by atoms with Crippen molar-refractivity contribution in [1.29, 1.82) is 0 Å². The lowest BCUT2D eigenvalue weighted by Gasteiger charge is -2.07. The summed E-state index contributed by atoms with van der Waals surface area (Å²) < 4.78 is 13.4. The van der Waals surface area contributed by atoms with E-state index in [4.69, 9.17) is 15.3 Å². The van der Waals surface area contributed by atoms with E-state index in [0.29, 0.717) is 16.7 Å². The summed E-state index contributed by atoms with van der Waals surface area (Å²) in [4.78, 5) is 0. The minimum absolute atomic E-state index is 0.230. The number of aromatic nitrogens is 3. The van der Waals surface area contributed by atoms with Gasteiger partial charge < -0.3 is 15.3 Å². The van der Waals surface area contributed by atoms with Crippen molar-refractivity contribution in [3.05, 3.63) is 64.4 Å². The molecule has 1 aromatic heterocycles. The third-order valence-corrected chi connectivity index (χ3v) is 4.91. The maximum absolute atomic E-state index is 6.07. The highest BCUT2D eigenvalue weighted by Crippen LogP contribution is 2.23. The number of nitrogens with zero attached hydrogens (tertiary/aromatic N) is 3. The summed E-state index contributed by atoms with van der Waals surface area (Å²) in [7, 11) is 1.62. The molecule has 0 fully saturated rings. The first-order chi connectivity index (χ1) is 12.2. The average Bonchev–Trinajstić information content (AvgIpc) is 2.98. The van der Waals surface area contributed by atoms with E-state index in [1.807, 2.05) is 30.3 Å². The van der Waals surface area contributed by atoms with Crippen molar-refractivity contribution in [3.8, 4) is 11.5 Å². The normalized spacial score (nSPS) is 10.6. The van der Waals surface area contributed by atoms with Gasteiger partial charge in [-0.15, -0.1) is 10.2 Å². The second-order valence-corrected chi connectivity index (χ2v) is 7.01. The molecule has 0 aliphatic rings. The Kier molecular flexibility index (Phi) is 5.83. The lowest BCUT2D eigenvalue weighted by atomic mass is 10.2. The van der Waals surface area contributed by atoms with Gasteiger partial charge in [-0.2, -0.15) is 0 Å². The fourth-order valence-electron chi connectivity index (χ4n) is 2.12. The van der Waals surface area contributed by atoms with Crippen LogP contribution in [0.2, 0.25) is 0 Å². The van der Waals surface area contributed by atoms with Gasteiger partial charge in [0.05, 0.1) is 7.11 Å². The van der Waals surface area contributed by atoms with Gasteiger partial charge in [0.15, 0.2) is 5.82 Å². The molecule has 2 aromatic carbocycles. The molecule has 0 atom stereocenters. The topological polar surface area (TPSA) is 75.2 Å². The predicted octanol–water partition coefficient (Wildman–Crippen LogP) is 3.63. The van der Waals surface area contributed by atoms with Gasteiger partial charge >= 0.3 is 0 Å². The van der Waals surface area contributed by atoms with Crippen LogP contribution in [0.5, 0.6) is 11.5 Å². The van der Waals surface area contributed by atoms with E-state index in [2.05, 4.69) is 38.3 Å². The van der Waals surface area contributed by atoms with Gasteiger partial charge in [-0.3, -0.25) is 0 Å². The molecule has 0 spiro atoms. The Balaban J connectivity index is 1.60. The van der Waals surface area contributed by atoms with Gasteiger partial charge in [0.1, 0.15) is 18.1 Å². The molecule has 8 heteroatoms. The summed E-state index contributed by atoms with van der Waals surface area (Å²) in [5, 5.41) is 8.88. The van der Waals surface area contributed by atoms with E-state index < -0.39 is 0 Å². The van der Waals surface area contributed by atoms with Gasteiger partial charge in [0, 0.05) is 16.3 Å². The molecule has 0 unspecified atom stereocenters. The van der Waals surface area contributed by atoms with Crippen LogP contribution in [-0.4, -0.2) is 22.0 Å². The number of hydrogen-bond acceptors (Lipinski definition) is 6. The monoisotopic (exact) mass is 420 g/mol. The zero-order chi connectivity index (χ0) is 17.6. The highest BCUT2D eigenvalue weighted by atomic mass is 79.9. The zero-order valence-electron chi connectivity index (χ0n) is 13.6. The van der Waals surface area contributed by atoms with Crippen molar-refractivity contribution >= 4 is 27.7 Å².